The summed E-state index contributed by atoms with van der Waals surface area (Å²) in [6.07, 6.45) is -0.563. The third-order valence-electron chi connectivity index (χ3n) is 1.42. The molecule has 0 saturated carbocycles. The van der Waals surface area contributed by atoms with Crippen LogP contribution < -0.4 is 10.1 Å². The molecule has 1 aromatic rings. The second kappa shape index (κ2) is 4.63. The molecule has 0 spiro atoms. The fourth-order valence-electron chi connectivity index (χ4n) is 0.844. The molecule has 4 nitrogen and oxygen atoms in total. The smallest absolute Gasteiger partial charge is 0.410 e. The van der Waals surface area contributed by atoms with Crippen molar-refractivity contribution in [2.45, 2.75) is 0 Å². The van der Waals surface area contributed by atoms with Gasteiger partial charge in [-0.15, -0.1) is 0 Å². The van der Waals surface area contributed by atoms with Crippen molar-refractivity contribution in [2.24, 2.45) is 0 Å². The summed E-state index contributed by atoms with van der Waals surface area (Å²) in [6, 6.07) is 6.69. The largest absolute Gasteiger partial charge is 0.412 e. The lowest BCUT2D eigenvalue weighted by Crippen LogP contribution is -2.22. The fourth-order valence-corrected chi connectivity index (χ4v) is 1.32. The molecule has 0 saturated heterocycles. The van der Waals surface area contributed by atoms with Crippen LogP contribution in [0.1, 0.15) is 5.56 Å². The van der Waals surface area contributed by atoms with Gasteiger partial charge in [0.15, 0.2) is 0 Å². The van der Waals surface area contributed by atoms with E-state index in [1.165, 1.54) is 13.1 Å². The van der Waals surface area contributed by atoms with Crippen LogP contribution in [0.2, 0.25) is 0 Å². The molecule has 1 aromatic carbocycles. The van der Waals surface area contributed by atoms with Crippen LogP contribution in [-0.2, 0) is 0 Å². The first-order valence-electron chi connectivity index (χ1n) is 3.76. The molecule has 0 aliphatic rings. The topological polar surface area (TPSA) is 62.1 Å². The Hall–Kier alpha value is -1.54. The van der Waals surface area contributed by atoms with Crippen molar-refractivity contribution in [3.05, 3.63) is 28.2 Å². The monoisotopic (exact) mass is 254 g/mol. The van der Waals surface area contributed by atoms with Crippen LogP contribution >= 0.6 is 15.9 Å². The van der Waals surface area contributed by atoms with Crippen LogP contribution in [0.5, 0.6) is 5.75 Å². The Bertz CT molecular complexity index is 398. The predicted octanol–water partition coefficient (Wildman–Crippen LogP) is 2.04. The van der Waals surface area contributed by atoms with Crippen molar-refractivity contribution in [1.29, 1.82) is 5.26 Å². The summed E-state index contributed by atoms with van der Waals surface area (Å²) >= 11 is 3.20. The van der Waals surface area contributed by atoms with Crippen molar-refractivity contribution in [2.75, 3.05) is 7.05 Å². The van der Waals surface area contributed by atoms with Gasteiger partial charge in [0, 0.05) is 11.5 Å². The molecule has 0 aromatic heterocycles. The fraction of sp³-hybridized carbons (Fsp3) is 0.111. The van der Waals surface area contributed by atoms with Gasteiger partial charge in [-0.1, -0.05) is 15.9 Å². The summed E-state index contributed by atoms with van der Waals surface area (Å²) in [5, 5.41) is 11.0. The van der Waals surface area contributed by atoms with Gasteiger partial charge in [-0.2, -0.15) is 5.26 Å². The predicted molar refractivity (Wildman–Crippen MR) is 53.9 cm³/mol. The highest BCUT2D eigenvalue weighted by atomic mass is 79.9. The highest BCUT2D eigenvalue weighted by Gasteiger charge is 2.04. The van der Waals surface area contributed by atoms with E-state index in [1.807, 2.05) is 6.07 Å². The minimum absolute atomic E-state index is 0.329. The highest BCUT2D eigenvalue weighted by molar-refractivity contribution is 9.10. The van der Waals surface area contributed by atoms with E-state index in [0.717, 1.165) is 0 Å². The lowest BCUT2D eigenvalue weighted by molar-refractivity contribution is 0.203. The number of nitrogens with zero attached hydrogens (tertiary/aromatic N) is 1. The second-order valence-electron chi connectivity index (χ2n) is 2.43. The molecule has 0 bridgehead atoms. The van der Waals surface area contributed by atoms with Gasteiger partial charge in [0.25, 0.3) is 0 Å². The molecule has 14 heavy (non-hydrogen) atoms. The standard InChI is InChI=1S/C9H7BrN2O2/c1-12-9(13)14-8-3-6(5-11)2-7(10)4-8/h2-4H,1H3,(H,12,13). The highest BCUT2D eigenvalue weighted by Crippen LogP contribution is 2.21. The summed E-state index contributed by atoms with van der Waals surface area (Å²) in [7, 11) is 1.46. The third kappa shape index (κ3) is 2.75. The maximum absolute atomic E-state index is 10.9. The number of nitriles is 1. The van der Waals surface area contributed by atoms with E-state index < -0.39 is 6.09 Å². The van der Waals surface area contributed by atoms with Gasteiger partial charge >= 0.3 is 6.09 Å². The quantitative estimate of drug-likeness (QED) is 0.835. The van der Waals surface area contributed by atoms with E-state index in [9.17, 15) is 4.79 Å². The van der Waals surface area contributed by atoms with Crippen LogP contribution in [0, 0.1) is 11.3 Å². The van der Waals surface area contributed by atoms with Crippen LogP contribution in [0.3, 0.4) is 0 Å². The van der Waals surface area contributed by atoms with Crippen LogP contribution in [0.25, 0.3) is 0 Å². The number of benzene rings is 1. The SMILES string of the molecule is CNC(=O)Oc1cc(Br)cc(C#N)c1. The van der Waals surface area contributed by atoms with Crippen molar-refractivity contribution in [3.63, 3.8) is 0 Å². The average Bonchev–Trinajstić information content (AvgIpc) is 2.16. The number of carbonyl (C=O) groups is 1. The van der Waals surface area contributed by atoms with Gasteiger partial charge in [-0.25, -0.2) is 4.79 Å². The van der Waals surface area contributed by atoms with Crippen molar-refractivity contribution < 1.29 is 9.53 Å². The zero-order valence-corrected chi connectivity index (χ0v) is 8.96. The van der Waals surface area contributed by atoms with E-state index >= 15 is 0 Å². The number of hydrogen-bond donors (Lipinski definition) is 1. The molecule has 72 valence electrons. The van der Waals surface area contributed by atoms with Gasteiger partial charge in [-0.3, -0.25) is 0 Å². The number of halogens is 1. The molecule has 1 N–H and O–H groups in total. The van der Waals surface area contributed by atoms with E-state index in [2.05, 4.69) is 21.2 Å². The molecule has 0 unspecified atom stereocenters. The van der Waals surface area contributed by atoms with E-state index in [-0.39, 0.29) is 0 Å². The summed E-state index contributed by atoms with van der Waals surface area (Å²) in [4.78, 5) is 10.9. The first-order valence-corrected chi connectivity index (χ1v) is 4.55. The number of amides is 1. The van der Waals surface area contributed by atoms with Gasteiger partial charge in [0.2, 0.25) is 0 Å². The molecule has 5 heteroatoms. The Balaban J connectivity index is 2.93. The average molecular weight is 255 g/mol. The Morgan fingerprint density at radius 2 is 2.29 bits per heavy atom. The van der Waals surface area contributed by atoms with E-state index in [1.54, 1.807) is 12.1 Å². The zero-order chi connectivity index (χ0) is 10.6. The Labute approximate surface area is 89.6 Å². The number of carbonyl (C=O) groups excluding carboxylic acids is 1. The first-order chi connectivity index (χ1) is 6.65. The van der Waals surface area contributed by atoms with Crippen molar-refractivity contribution in [1.82, 2.24) is 5.32 Å². The summed E-state index contributed by atoms with van der Waals surface area (Å²) in [5.41, 5.74) is 0.429. The minimum Gasteiger partial charge on any atom is -0.410 e. The van der Waals surface area contributed by atoms with Crippen molar-refractivity contribution >= 4 is 22.0 Å². The van der Waals surface area contributed by atoms with Crippen LogP contribution in [0.4, 0.5) is 4.79 Å². The summed E-state index contributed by atoms with van der Waals surface area (Å²) in [6.45, 7) is 0. The molecule has 0 aliphatic heterocycles. The number of rotatable bonds is 1. The normalized spacial score (nSPS) is 8.93. The van der Waals surface area contributed by atoms with Crippen LogP contribution in [-0.4, -0.2) is 13.1 Å². The van der Waals surface area contributed by atoms with Gasteiger partial charge in [-0.05, 0) is 18.2 Å². The summed E-state index contributed by atoms with van der Waals surface area (Å²) < 4.78 is 5.55. The lowest BCUT2D eigenvalue weighted by atomic mass is 10.2. The number of hydrogen-bond acceptors (Lipinski definition) is 3. The molecule has 0 radical (unpaired) electrons. The van der Waals surface area contributed by atoms with E-state index in [4.69, 9.17) is 10.00 Å². The third-order valence-corrected chi connectivity index (χ3v) is 1.87. The maximum Gasteiger partial charge on any atom is 0.412 e. The molecule has 0 aliphatic carbocycles. The Kier molecular flexibility index (Phi) is 3.48. The second-order valence-corrected chi connectivity index (χ2v) is 3.34. The molecule has 0 atom stereocenters. The van der Waals surface area contributed by atoms with Crippen LogP contribution in [0.15, 0.2) is 22.7 Å². The molecule has 0 heterocycles. The minimum atomic E-state index is -0.563. The number of ether oxygens (including phenoxy) is 1. The first kappa shape index (κ1) is 10.5. The van der Waals surface area contributed by atoms with Gasteiger partial charge in [0.1, 0.15) is 5.75 Å². The molecule has 1 amide bonds. The number of nitrogens with one attached hydrogen (secondary N) is 1. The Morgan fingerprint density at radius 3 is 2.86 bits per heavy atom. The molecular weight excluding hydrogens is 248 g/mol. The lowest BCUT2D eigenvalue weighted by Gasteiger charge is -2.03. The molecule has 0 fully saturated rings. The van der Waals surface area contributed by atoms with Crippen molar-refractivity contribution in [3.8, 4) is 11.8 Å². The van der Waals surface area contributed by atoms with E-state index in [0.29, 0.717) is 15.8 Å². The summed E-state index contributed by atoms with van der Waals surface area (Å²) in [5.74, 6) is 0.329. The zero-order valence-electron chi connectivity index (χ0n) is 7.37. The molecule has 1 rings (SSSR count). The van der Waals surface area contributed by atoms with Gasteiger partial charge < -0.3 is 10.1 Å². The van der Waals surface area contributed by atoms with Gasteiger partial charge in [0.05, 0.1) is 11.6 Å². The Morgan fingerprint density at radius 1 is 1.57 bits per heavy atom. The maximum atomic E-state index is 10.9. The molecular formula is C9H7BrN2O2.